The molecule has 8 heterocycles. The number of hydrogen-bond donors (Lipinski definition) is 3. The summed E-state index contributed by atoms with van der Waals surface area (Å²) >= 11 is 0. The first-order chi connectivity index (χ1) is 30.8. The van der Waals surface area contributed by atoms with Gasteiger partial charge in [-0.1, -0.05) is 18.2 Å². The molecule has 0 aliphatic carbocycles. The molecule has 63 heavy (non-hydrogen) atoms. The molecule has 3 aliphatic heterocycles. The zero-order valence-corrected chi connectivity index (χ0v) is 34.6. The summed E-state index contributed by atoms with van der Waals surface area (Å²) in [5.41, 5.74) is 26.6. The fourth-order valence-electron chi connectivity index (χ4n) is 8.54. The molecular formula is C43H46N16O4. The van der Waals surface area contributed by atoms with Crippen LogP contribution in [0, 0.1) is 0 Å². The Kier molecular flexibility index (Phi) is 10.6. The lowest BCUT2D eigenvalue weighted by molar-refractivity contribution is -0.133. The maximum atomic E-state index is 13.7. The molecule has 5 aromatic heterocycles. The lowest BCUT2D eigenvalue weighted by Crippen LogP contribution is -2.48. The van der Waals surface area contributed by atoms with Crippen LogP contribution >= 0.6 is 0 Å². The maximum absolute atomic E-state index is 13.7. The van der Waals surface area contributed by atoms with Gasteiger partial charge in [-0.15, -0.1) is 0 Å². The van der Waals surface area contributed by atoms with Crippen molar-refractivity contribution >= 4 is 57.7 Å². The molecule has 20 heteroatoms. The molecule has 322 valence electrons. The Morgan fingerprint density at radius 2 is 1.54 bits per heavy atom. The van der Waals surface area contributed by atoms with E-state index in [1.165, 1.54) is 11.9 Å². The minimum atomic E-state index is -0.103. The molecule has 6 N–H and O–H groups in total. The van der Waals surface area contributed by atoms with Gasteiger partial charge in [0.2, 0.25) is 17.8 Å². The van der Waals surface area contributed by atoms with Gasteiger partial charge in [-0.2, -0.15) is 10.1 Å². The standard InChI is InChI=1S/C43H46N16O4/c44-8-16-62-15-7-35(60)57-10-6-32-31(24-57)21-49-43(53-32)56-13-11-55(12-14-56)42-47-19-30(20-48-42)40(61)58-9-5-27-17-26(1-2-29(27)23-58)22-59-39-36(38(45)50-25-51-39)37(54-59)28-3-4-34-33(18-28)52-41(46)63-34/h1-4,17-21,25H,5-16,22-24,44H2,(H2,46,52)(H2,45,50,51). The third-order valence-corrected chi connectivity index (χ3v) is 11.9. The average molecular weight is 851 g/mol. The van der Waals surface area contributed by atoms with Crippen LogP contribution in [0.3, 0.4) is 0 Å². The van der Waals surface area contributed by atoms with Crippen LogP contribution in [0.4, 0.5) is 23.7 Å². The molecular weight excluding hydrogens is 805 g/mol. The third-order valence-electron chi connectivity index (χ3n) is 11.9. The van der Waals surface area contributed by atoms with Gasteiger partial charge in [-0.05, 0) is 41.3 Å². The van der Waals surface area contributed by atoms with Gasteiger partial charge >= 0.3 is 0 Å². The van der Waals surface area contributed by atoms with Crippen LogP contribution in [0.1, 0.15) is 44.7 Å². The number of piperazine rings is 1. The third kappa shape index (κ3) is 8.01. The van der Waals surface area contributed by atoms with E-state index in [1.807, 2.05) is 32.8 Å². The van der Waals surface area contributed by atoms with Crippen LogP contribution in [0.25, 0.3) is 33.4 Å². The summed E-state index contributed by atoms with van der Waals surface area (Å²) in [6.45, 7) is 6.67. The van der Waals surface area contributed by atoms with Gasteiger partial charge in [0, 0.05) is 95.0 Å². The predicted molar refractivity (Wildman–Crippen MR) is 233 cm³/mol. The van der Waals surface area contributed by atoms with Gasteiger partial charge in [0.15, 0.2) is 11.2 Å². The average Bonchev–Trinajstić information content (AvgIpc) is 3.89. The van der Waals surface area contributed by atoms with E-state index in [-0.39, 0.29) is 17.8 Å². The molecule has 1 saturated heterocycles. The van der Waals surface area contributed by atoms with E-state index in [2.05, 4.69) is 57.9 Å². The number of rotatable bonds is 11. The number of amides is 2. The van der Waals surface area contributed by atoms with Gasteiger partial charge in [-0.3, -0.25) is 9.59 Å². The predicted octanol–water partition coefficient (Wildman–Crippen LogP) is 2.20. The summed E-state index contributed by atoms with van der Waals surface area (Å²) in [6.07, 6.45) is 8.27. The van der Waals surface area contributed by atoms with Crippen molar-refractivity contribution in [2.24, 2.45) is 5.73 Å². The number of carbonyl (C=O) groups is 2. The van der Waals surface area contributed by atoms with Crippen molar-refractivity contribution in [3.8, 4) is 11.3 Å². The number of nitrogen functional groups attached to an aromatic ring is 2. The maximum Gasteiger partial charge on any atom is 0.292 e. The summed E-state index contributed by atoms with van der Waals surface area (Å²) in [7, 11) is 0. The molecule has 0 bridgehead atoms. The van der Waals surface area contributed by atoms with Crippen LogP contribution in [-0.4, -0.2) is 125 Å². The summed E-state index contributed by atoms with van der Waals surface area (Å²) in [6, 6.07) is 12.0. The second kappa shape index (κ2) is 16.9. The minimum absolute atomic E-state index is 0.0627. The quantitative estimate of drug-likeness (QED) is 0.158. The van der Waals surface area contributed by atoms with Gasteiger partial charge in [0.1, 0.15) is 23.4 Å². The Morgan fingerprint density at radius 3 is 2.37 bits per heavy atom. The molecule has 0 unspecified atom stereocenters. The molecule has 0 saturated carbocycles. The number of anilines is 4. The Bertz CT molecular complexity index is 2840. The van der Waals surface area contributed by atoms with E-state index in [9.17, 15) is 9.59 Å². The fraction of sp³-hybridized carbons (Fsp3) is 0.349. The Hall–Kier alpha value is -7.32. The SMILES string of the molecule is NCCOCCC(=O)N1CCc2nc(N3CCN(c4ncc(C(=O)N5CCc6cc(Cn7nc(-c8ccc9oc(N)nc9c8)c8c(N)ncnc87)ccc6C5)cn4)CC3)ncc2C1. The second-order valence-corrected chi connectivity index (χ2v) is 15.9. The number of oxazole rings is 1. The van der Waals surface area contributed by atoms with Crippen molar-refractivity contribution in [1.29, 1.82) is 0 Å². The topological polar surface area (TPSA) is 256 Å². The van der Waals surface area contributed by atoms with Gasteiger partial charge in [0.25, 0.3) is 11.9 Å². The second-order valence-electron chi connectivity index (χ2n) is 15.9. The van der Waals surface area contributed by atoms with E-state index in [0.717, 1.165) is 27.9 Å². The van der Waals surface area contributed by atoms with E-state index in [0.29, 0.717) is 149 Å². The molecule has 20 nitrogen and oxygen atoms in total. The van der Waals surface area contributed by atoms with E-state index < -0.39 is 0 Å². The molecule has 7 aromatic rings. The highest BCUT2D eigenvalue weighted by Crippen LogP contribution is 2.33. The lowest BCUT2D eigenvalue weighted by Gasteiger charge is -2.35. The highest BCUT2D eigenvalue weighted by atomic mass is 16.5. The van der Waals surface area contributed by atoms with Crippen molar-refractivity contribution in [3.05, 3.63) is 94.8 Å². The highest BCUT2D eigenvalue weighted by Gasteiger charge is 2.27. The van der Waals surface area contributed by atoms with Gasteiger partial charge in [0.05, 0.1) is 42.8 Å². The van der Waals surface area contributed by atoms with Gasteiger partial charge < -0.3 is 46.0 Å². The molecule has 0 radical (unpaired) electrons. The zero-order chi connectivity index (χ0) is 43.0. The summed E-state index contributed by atoms with van der Waals surface area (Å²) < 4.78 is 12.7. The van der Waals surface area contributed by atoms with Crippen molar-refractivity contribution < 1.29 is 18.7 Å². The largest absolute Gasteiger partial charge is 0.424 e. The summed E-state index contributed by atoms with van der Waals surface area (Å²) in [5.74, 6) is 1.57. The number of nitrogens with zero attached hydrogens (tertiary/aromatic N) is 13. The zero-order valence-electron chi connectivity index (χ0n) is 34.6. The Balaban J connectivity index is 0.744. The van der Waals surface area contributed by atoms with Crippen LogP contribution in [-0.2, 0) is 42.0 Å². The van der Waals surface area contributed by atoms with Gasteiger partial charge in [-0.25, -0.2) is 34.6 Å². The van der Waals surface area contributed by atoms with E-state index in [1.54, 1.807) is 18.5 Å². The normalized spacial score (nSPS) is 15.3. The van der Waals surface area contributed by atoms with Crippen molar-refractivity contribution in [1.82, 2.24) is 54.5 Å². The molecule has 3 aliphatic rings. The highest BCUT2D eigenvalue weighted by molar-refractivity contribution is 5.99. The molecule has 0 spiro atoms. The fourth-order valence-corrected chi connectivity index (χ4v) is 8.54. The minimum Gasteiger partial charge on any atom is -0.424 e. The van der Waals surface area contributed by atoms with Crippen LogP contribution in [0.15, 0.2) is 65.7 Å². The number of nitrogens with two attached hydrogens (primary N) is 3. The summed E-state index contributed by atoms with van der Waals surface area (Å²) in [4.78, 5) is 66.2. The molecule has 2 aromatic carbocycles. The number of carbonyl (C=O) groups excluding carboxylic acids is 2. The Labute approximate surface area is 361 Å². The molecule has 1 fully saturated rings. The number of benzene rings is 2. The van der Waals surface area contributed by atoms with Crippen LogP contribution in [0.5, 0.6) is 0 Å². The number of hydrogen-bond acceptors (Lipinski definition) is 17. The first-order valence-electron chi connectivity index (χ1n) is 21.0. The molecule has 2 amide bonds. The van der Waals surface area contributed by atoms with Crippen LogP contribution in [0.2, 0.25) is 0 Å². The van der Waals surface area contributed by atoms with Crippen molar-refractivity contribution in [2.45, 2.75) is 38.9 Å². The van der Waals surface area contributed by atoms with Crippen molar-refractivity contribution in [2.75, 3.05) is 80.3 Å². The first-order valence-corrected chi connectivity index (χ1v) is 21.0. The lowest BCUT2D eigenvalue weighted by atomic mass is 9.97. The van der Waals surface area contributed by atoms with Crippen molar-refractivity contribution in [3.63, 3.8) is 0 Å². The van der Waals surface area contributed by atoms with E-state index >= 15 is 0 Å². The Morgan fingerprint density at radius 1 is 0.762 bits per heavy atom. The smallest absolute Gasteiger partial charge is 0.292 e. The summed E-state index contributed by atoms with van der Waals surface area (Å²) in [5, 5.41) is 5.60. The van der Waals surface area contributed by atoms with E-state index in [4.69, 9.17) is 36.4 Å². The first kappa shape index (κ1) is 39.8. The number of aromatic nitrogens is 9. The molecule has 0 atom stereocenters. The number of fused-ring (bicyclic) bond motifs is 4. The number of ether oxygens (including phenoxy) is 1. The molecule has 10 rings (SSSR count). The van der Waals surface area contributed by atoms with Crippen LogP contribution < -0.4 is 27.0 Å². The monoisotopic (exact) mass is 850 g/mol.